The first-order valence-corrected chi connectivity index (χ1v) is 14.1. The third kappa shape index (κ3) is 5.18. The van der Waals surface area contributed by atoms with E-state index >= 15 is 0 Å². The van der Waals surface area contributed by atoms with E-state index in [1.54, 1.807) is 26.2 Å². The third-order valence-electron chi connectivity index (χ3n) is 6.95. The highest BCUT2D eigenvalue weighted by Crippen LogP contribution is 2.30. The molecule has 0 spiro atoms. The van der Waals surface area contributed by atoms with Crippen LogP contribution in [-0.2, 0) is 10.0 Å². The summed E-state index contributed by atoms with van der Waals surface area (Å²) in [7, 11) is -2.24. The van der Waals surface area contributed by atoms with E-state index in [4.69, 9.17) is 9.15 Å². The normalized spacial score (nSPS) is 14.6. The molecule has 0 amide bonds. The molecule has 5 rings (SSSR count). The summed E-state index contributed by atoms with van der Waals surface area (Å²) in [6.45, 7) is 5.77. The number of sulfonamides is 1. The van der Waals surface area contributed by atoms with Gasteiger partial charge >= 0.3 is 0 Å². The largest absolute Gasteiger partial charge is 0.495 e. The van der Waals surface area contributed by atoms with E-state index in [0.29, 0.717) is 17.9 Å². The Hall–Kier alpha value is -3.66. The molecule has 9 heteroatoms. The van der Waals surface area contributed by atoms with Crippen LogP contribution in [0.3, 0.4) is 0 Å². The number of nitrogens with one attached hydrogen (secondary N) is 1. The minimum Gasteiger partial charge on any atom is -0.495 e. The van der Waals surface area contributed by atoms with E-state index < -0.39 is 10.0 Å². The molecule has 3 aromatic carbocycles. The molecule has 4 aromatic rings. The lowest BCUT2D eigenvalue weighted by Gasteiger charge is -2.36. The van der Waals surface area contributed by atoms with Gasteiger partial charge in [0.05, 0.1) is 18.2 Å². The number of methoxy groups -OCH3 is 1. The molecule has 1 saturated heterocycles. The number of piperazine rings is 1. The average Bonchev–Trinajstić information content (AvgIpc) is 2.95. The van der Waals surface area contributed by atoms with Crippen LogP contribution in [-0.4, -0.2) is 59.7 Å². The maximum absolute atomic E-state index is 13.3. The Morgan fingerprint density at radius 2 is 1.63 bits per heavy atom. The summed E-state index contributed by atoms with van der Waals surface area (Å²) in [5, 5.41) is 0.248. The molecule has 1 aliphatic heterocycles. The fraction of sp³-hybridized carbons (Fsp3) is 0.276. The van der Waals surface area contributed by atoms with Gasteiger partial charge in [-0.15, -0.1) is 0 Å². The molecule has 2 heterocycles. The first-order valence-electron chi connectivity index (χ1n) is 12.6. The van der Waals surface area contributed by atoms with Crippen molar-refractivity contribution < 1.29 is 17.6 Å². The van der Waals surface area contributed by atoms with Gasteiger partial charge in [-0.05, 0) is 31.2 Å². The van der Waals surface area contributed by atoms with Crippen molar-refractivity contribution in [3.63, 3.8) is 0 Å². The summed E-state index contributed by atoms with van der Waals surface area (Å²) in [4.78, 5) is 17.6. The Labute approximate surface area is 222 Å². The molecule has 0 aliphatic carbocycles. The summed E-state index contributed by atoms with van der Waals surface area (Å²) >= 11 is 0. The molecular formula is C29H31N3O5S. The van der Waals surface area contributed by atoms with Gasteiger partial charge in [0.1, 0.15) is 16.4 Å². The summed E-state index contributed by atoms with van der Waals surface area (Å²) in [5.41, 5.74) is 2.06. The van der Waals surface area contributed by atoms with Crippen LogP contribution in [0.5, 0.6) is 5.75 Å². The Balaban J connectivity index is 1.29. The van der Waals surface area contributed by atoms with Gasteiger partial charge in [0.2, 0.25) is 10.0 Å². The lowest BCUT2D eigenvalue weighted by Crippen LogP contribution is -2.48. The summed E-state index contributed by atoms with van der Waals surface area (Å²) < 4.78 is 40.9. The second kappa shape index (κ2) is 11.0. The number of benzene rings is 3. The fourth-order valence-electron chi connectivity index (χ4n) is 4.88. The predicted octanol–water partition coefficient (Wildman–Crippen LogP) is 3.88. The van der Waals surface area contributed by atoms with Gasteiger partial charge < -0.3 is 14.1 Å². The minimum atomic E-state index is -3.92. The van der Waals surface area contributed by atoms with Crippen LogP contribution >= 0.6 is 0 Å². The highest BCUT2D eigenvalue weighted by atomic mass is 32.2. The van der Waals surface area contributed by atoms with Crippen molar-refractivity contribution >= 4 is 26.7 Å². The van der Waals surface area contributed by atoms with Crippen LogP contribution in [0.4, 0.5) is 5.69 Å². The third-order valence-corrected chi connectivity index (χ3v) is 8.44. The SMILES string of the molecule is COc1ccccc1N1CCN(CCNS(=O)(=O)c2cccc3c(=O)c(C)c(-c4ccccc4)oc23)CC1. The Morgan fingerprint density at radius 3 is 2.37 bits per heavy atom. The van der Waals surface area contributed by atoms with Gasteiger partial charge in [-0.2, -0.15) is 0 Å². The first kappa shape index (κ1) is 26.0. The number of para-hydroxylation sites is 3. The summed E-state index contributed by atoms with van der Waals surface area (Å²) in [5.74, 6) is 1.22. The zero-order chi connectivity index (χ0) is 26.7. The smallest absolute Gasteiger partial charge is 0.244 e. The van der Waals surface area contributed by atoms with Crippen molar-refractivity contribution in [1.82, 2.24) is 9.62 Å². The number of rotatable bonds is 8. The lowest BCUT2D eigenvalue weighted by atomic mass is 10.1. The summed E-state index contributed by atoms with van der Waals surface area (Å²) in [6, 6.07) is 21.8. The van der Waals surface area contributed by atoms with E-state index in [0.717, 1.165) is 43.2 Å². The van der Waals surface area contributed by atoms with Gasteiger partial charge in [-0.1, -0.05) is 48.5 Å². The molecule has 0 radical (unpaired) electrons. The van der Waals surface area contributed by atoms with Crippen LogP contribution in [0.25, 0.3) is 22.3 Å². The highest BCUT2D eigenvalue weighted by molar-refractivity contribution is 7.89. The molecule has 1 fully saturated rings. The first-order chi connectivity index (χ1) is 18.4. The van der Waals surface area contributed by atoms with E-state index in [1.165, 1.54) is 6.07 Å². The number of fused-ring (bicyclic) bond motifs is 1. The number of hydrogen-bond donors (Lipinski definition) is 1. The maximum Gasteiger partial charge on any atom is 0.244 e. The molecule has 0 bridgehead atoms. The average molecular weight is 534 g/mol. The fourth-order valence-corrected chi connectivity index (χ4v) is 6.05. The quantitative estimate of drug-likeness (QED) is 0.368. The van der Waals surface area contributed by atoms with Crippen LogP contribution in [0.2, 0.25) is 0 Å². The molecule has 198 valence electrons. The Kier molecular flexibility index (Phi) is 7.51. The second-order valence-electron chi connectivity index (χ2n) is 9.28. The van der Waals surface area contributed by atoms with Crippen LogP contribution < -0.4 is 19.8 Å². The molecule has 38 heavy (non-hydrogen) atoms. The monoisotopic (exact) mass is 533 g/mol. The highest BCUT2D eigenvalue weighted by Gasteiger charge is 2.24. The number of anilines is 1. The van der Waals surface area contributed by atoms with Gasteiger partial charge in [0, 0.05) is 50.4 Å². The van der Waals surface area contributed by atoms with Gasteiger partial charge in [-0.25, -0.2) is 13.1 Å². The van der Waals surface area contributed by atoms with E-state index in [1.807, 2.05) is 48.5 Å². The van der Waals surface area contributed by atoms with Gasteiger partial charge in [0.25, 0.3) is 0 Å². The molecule has 0 atom stereocenters. The molecular weight excluding hydrogens is 502 g/mol. The van der Waals surface area contributed by atoms with Crippen molar-refractivity contribution in [2.24, 2.45) is 0 Å². The number of ether oxygens (including phenoxy) is 1. The van der Waals surface area contributed by atoms with E-state index in [2.05, 4.69) is 20.6 Å². The zero-order valence-corrected chi connectivity index (χ0v) is 22.3. The molecule has 1 aromatic heterocycles. The van der Waals surface area contributed by atoms with Crippen molar-refractivity contribution in [2.45, 2.75) is 11.8 Å². The maximum atomic E-state index is 13.3. The molecule has 8 nitrogen and oxygen atoms in total. The van der Waals surface area contributed by atoms with E-state index in [9.17, 15) is 13.2 Å². The molecule has 0 saturated carbocycles. The predicted molar refractivity (Wildman–Crippen MR) is 149 cm³/mol. The molecule has 1 aliphatic rings. The van der Waals surface area contributed by atoms with Gasteiger partial charge in [-0.3, -0.25) is 9.69 Å². The lowest BCUT2D eigenvalue weighted by molar-refractivity contribution is 0.261. The standard InChI is InChI=1S/C29H31N3O5S/c1-21-27(33)23-11-8-14-26(29(23)37-28(21)22-9-4-3-5-10-22)38(34,35)30-15-16-31-17-19-32(20-18-31)24-12-6-7-13-25(24)36-2/h3-14,30H,15-20H2,1-2H3. The molecule has 0 unspecified atom stereocenters. The topological polar surface area (TPSA) is 92.1 Å². The molecule has 1 N–H and O–H groups in total. The van der Waals surface area contributed by atoms with Crippen LogP contribution in [0.15, 0.2) is 86.9 Å². The van der Waals surface area contributed by atoms with Crippen molar-refractivity contribution in [1.29, 1.82) is 0 Å². The van der Waals surface area contributed by atoms with Crippen LogP contribution in [0, 0.1) is 6.92 Å². The zero-order valence-electron chi connectivity index (χ0n) is 21.5. The Morgan fingerprint density at radius 1 is 0.921 bits per heavy atom. The second-order valence-corrected chi connectivity index (χ2v) is 11.0. The minimum absolute atomic E-state index is 0.0368. The van der Waals surface area contributed by atoms with Crippen molar-refractivity contribution in [3.8, 4) is 17.1 Å². The van der Waals surface area contributed by atoms with Crippen molar-refractivity contribution in [2.75, 3.05) is 51.3 Å². The van der Waals surface area contributed by atoms with Gasteiger partial charge in [0.15, 0.2) is 11.0 Å². The Bertz CT molecular complexity index is 1590. The number of nitrogens with zero attached hydrogens (tertiary/aromatic N) is 2. The van der Waals surface area contributed by atoms with Crippen LogP contribution in [0.1, 0.15) is 5.56 Å². The van der Waals surface area contributed by atoms with Crippen molar-refractivity contribution in [3.05, 3.63) is 88.6 Å². The number of hydrogen-bond acceptors (Lipinski definition) is 7. The van der Waals surface area contributed by atoms with E-state index in [-0.39, 0.29) is 27.8 Å². The summed E-state index contributed by atoms with van der Waals surface area (Å²) in [6.07, 6.45) is 0.